The number of para-hydroxylation sites is 1. The molecule has 0 atom stereocenters. The number of esters is 1. The van der Waals surface area contributed by atoms with Crippen LogP contribution in [0.25, 0.3) is 16.8 Å². The Balaban J connectivity index is 1.72. The van der Waals surface area contributed by atoms with Crippen molar-refractivity contribution in [3.05, 3.63) is 77.9 Å². The number of hydrogen-bond donors (Lipinski definition) is 2. The first-order valence-electron chi connectivity index (χ1n) is 9.40. The number of carbonyl (C=O) groups excluding carboxylic acids is 2. The van der Waals surface area contributed by atoms with Gasteiger partial charge in [0.1, 0.15) is 0 Å². The third-order valence-corrected chi connectivity index (χ3v) is 4.85. The Labute approximate surface area is 170 Å². The zero-order valence-electron chi connectivity index (χ0n) is 16.6. The van der Waals surface area contributed by atoms with Crippen molar-refractivity contribution < 1.29 is 14.3 Å². The van der Waals surface area contributed by atoms with Gasteiger partial charge in [0.25, 0.3) is 0 Å². The number of benzene rings is 3. The smallest absolute Gasteiger partial charge is 0.339 e. The zero-order valence-corrected chi connectivity index (χ0v) is 16.6. The van der Waals surface area contributed by atoms with E-state index >= 15 is 0 Å². The fourth-order valence-electron chi connectivity index (χ4n) is 3.35. The Morgan fingerprint density at radius 2 is 1.86 bits per heavy atom. The average molecular weight is 388 g/mol. The standard InChI is InChI=1S/C24H24N2O3/c1-4-18-19-12-9-16(15-17(19)11-13-21(18)25-2)10-14-23(27)26-22-8-6-5-7-20(22)24(28)29-3/h4-9,11-13,15,25H,1,10,14H2,2-3H3,(H,26,27). The fraction of sp³-hybridized carbons (Fsp3) is 0.167. The summed E-state index contributed by atoms with van der Waals surface area (Å²) in [4.78, 5) is 24.2. The van der Waals surface area contributed by atoms with Crippen molar-refractivity contribution in [3.63, 3.8) is 0 Å². The second kappa shape index (κ2) is 9.06. The van der Waals surface area contributed by atoms with Crippen LogP contribution < -0.4 is 10.6 Å². The van der Waals surface area contributed by atoms with Gasteiger partial charge in [0.15, 0.2) is 0 Å². The summed E-state index contributed by atoms with van der Waals surface area (Å²) in [5.41, 5.74) is 3.96. The van der Waals surface area contributed by atoms with E-state index in [9.17, 15) is 9.59 Å². The molecule has 0 radical (unpaired) electrons. The molecule has 29 heavy (non-hydrogen) atoms. The van der Waals surface area contributed by atoms with Gasteiger partial charge in [0.05, 0.1) is 18.4 Å². The summed E-state index contributed by atoms with van der Waals surface area (Å²) >= 11 is 0. The number of fused-ring (bicyclic) bond motifs is 1. The molecule has 0 saturated heterocycles. The van der Waals surface area contributed by atoms with Crippen LogP contribution in [0.5, 0.6) is 0 Å². The summed E-state index contributed by atoms with van der Waals surface area (Å²) in [6.45, 7) is 3.91. The number of aryl methyl sites for hydroxylation is 1. The number of amides is 1. The second-order valence-electron chi connectivity index (χ2n) is 6.62. The molecule has 0 aromatic heterocycles. The van der Waals surface area contributed by atoms with Gasteiger partial charge in [-0.3, -0.25) is 4.79 Å². The van der Waals surface area contributed by atoms with Crippen LogP contribution in [0.4, 0.5) is 11.4 Å². The van der Waals surface area contributed by atoms with E-state index in [-0.39, 0.29) is 5.91 Å². The minimum Gasteiger partial charge on any atom is -0.465 e. The molecule has 0 heterocycles. The van der Waals surface area contributed by atoms with E-state index in [1.54, 1.807) is 24.3 Å². The molecule has 2 N–H and O–H groups in total. The summed E-state index contributed by atoms with van der Waals surface area (Å²) in [7, 11) is 3.21. The number of hydrogen-bond acceptors (Lipinski definition) is 4. The van der Waals surface area contributed by atoms with Crippen molar-refractivity contribution in [2.45, 2.75) is 12.8 Å². The first-order chi connectivity index (χ1) is 14.1. The van der Waals surface area contributed by atoms with Crippen molar-refractivity contribution >= 4 is 40.1 Å². The molecule has 3 rings (SSSR count). The molecule has 148 valence electrons. The molecule has 0 spiro atoms. The normalized spacial score (nSPS) is 10.4. The van der Waals surface area contributed by atoms with Crippen molar-refractivity contribution in [2.75, 3.05) is 24.8 Å². The predicted octanol–water partition coefficient (Wildman–Crippen LogP) is 4.88. The maximum absolute atomic E-state index is 12.4. The predicted molar refractivity (Wildman–Crippen MR) is 118 cm³/mol. The van der Waals surface area contributed by atoms with Gasteiger partial charge in [-0.25, -0.2) is 4.79 Å². The van der Waals surface area contributed by atoms with E-state index in [1.807, 2.05) is 25.3 Å². The van der Waals surface area contributed by atoms with Crippen LogP contribution in [0, 0.1) is 0 Å². The summed E-state index contributed by atoms with van der Waals surface area (Å²) in [5, 5.41) is 8.20. The van der Waals surface area contributed by atoms with Crippen molar-refractivity contribution in [1.82, 2.24) is 0 Å². The highest BCUT2D eigenvalue weighted by atomic mass is 16.5. The van der Waals surface area contributed by atoms with Crippen molar-refractivity contribution in [2.24, 2.45) is 0 Å². The van der Waals surface area contributed by atoms with Crippen LogP contribution in [-0.2, 0) is 16.0 Å². The molecule has 3 aromatic carbocycles. The quantitative estimate of drug-likeness (QED) is 0.566. The SMILES string of the molecule is C=Cc1c(NC)ccc2cc(CCC(=O)Nc3ccccc3C(=O)OC)ccc12. The molecular weight excluding hydrogens is 364 g/mol. The highest BCUT2D eigenvalue weighted by molar-refractivity contribution is 6.01. The largest absolute Gasteiger partial charge is 0.465 e. The highest BCUT2D eigenvalue weighted by Crippen LogP contribution is 2.28. The molecule has 0 bridgehead atoms. The Morgan fingerprint density at radius 1 is 1.07 bits per heavy atom. The molecule has 0 unspecified atom stereocenters. The van der Waals surface area contributed by atoms with Crippen LogP contribution in [-0.4, -0.2) is 26.0 Å². The summed E-state index contributed by atoms with van der Waals surface area (Å²) < 4.78 is 4.76. The van der Waals surface area contributed by atoms with Gasteiger partial charge in [0, 0.05) is 24.7 Å². The van der Waals surface area contributed by atoms with E-state index in [0.29, 0.717) is 24.1 Å². The number of nitrogens with one attached hydrogen (secondary N) is 2. The van der Waals surface area contributed by atoms with Crippen molar-refractivity contribution in [3.8, 4) is 0 Å². The number of rotatable bonds is 7. The molecule has 0 saturated carbocycles. The summed E-state index contributed by atoms with van der Waals surface area (Å²) in [6.07, 6.45) is 2.75. The lowest BCUT2D eigenvalue weighted by atomic mass is 9.98. The second-order valence-corrected chi connectivity index (χ2v) is 6.62. The number of carbonyl (C=O) groups is 2. The van der Waals surface area contributed by atoms with Gasteiger partial charge in [-0.05, 0) is 41.0 Å². The Morgan fingerprint density at radius 3 is 2.59 bits per heavy atom. The molecular formula is C24H24N2O3. The number of methoxy groups -OCH3 is 1. The van der Waals surface area contributed by atoms with Crippen molar-refractivity contribution in [1.29, 1.82) is 0 Å². The van der Waals surface area contributed by atoms with Crippen LogP contribution in [0.1, 0.15) is 27.9 Å². The monoisotopic (exact) mass is 388 g/mol. The van der Waals surface area contributed by atoms with Gasteiger partial charge < -0.3 is 15.4 Å². The minimum absolute atomic E-state index is 0.154. The maximum Gasteiger partial charge on any atom is 0.339 e. The van der Waals surface area contributed by atoms with Gasteiger partial charge in [-0.2, -0.15) is 0 Å². The Kier molecular flexibility index (Phi) is 6.29. The van der Waals surface area contributed by atoms with Gasteiger partial charge in [-0.15, -0.1) is 0 Å². The maximum atomic E-state index is 12.4. The third kappa shape index (κ3) is 4.46. The van der Waals surface area contributed by atoms with Crippen LogP contribution in [0.2, 0.25) is 0 Å². The van der Waals surface area contributed by atoms with E-state index in [0.717, 1.165) is 27.6 Å². The lowest BCUT2D eigenvalue weighted by Gasteiger charge is -2.11. The number of ether oxygens (including phenoxy) is 1. The molecule has 0 aliphatic heterocycles. The summed E-state index contributed by atoms with van der Waals surface area (Å²) in [6, 6.07) is 17.1. The summed E-state index contributed by atoms with van der Waals surface area (Å²) in [5.74, 6) is -0.631. The van der Waals surface area contributed by atoms with Gasteiger partial charge in [-0.1, -0.05) is 49.1 Å². The molecule has 5 nitrogen and oxygen atoms in total. The molecule has 0 aliphatic rings. The zero-order chi connectivity index (χ0) is 20.8. The molecule has 0 fully saturated rings. The van der Waals surface area contributed by atoms with Crippen LogP contribution in [0.3, 0.4) is 0 Å². The minimum atomic E-state index is -0.477. The van der Waals surface area contributed by atoms with E-state index in [4.69, 9.17) is 4.74 Å². The van der Waals surface area contributed by atoms with Gasteiger partial charge in [0.2, 0.25) is 5.91 Å². The van der Waals surface area contributed by atoms with E-state index < -0.39 is 5.97 Å². The molecule has 0 aliphatic carbocycles. The van der Waals surface area contributed by atoms with Gasteiger partial charge >= 0.3 is 5.97 Å². The molecule has 3 aromatic rings. The molecule has 1 amide bonds. The molecule has 5 heteroatoms. The van der Waals surface area contributed by atoms with Crippen LogP contribution in [0.15, 0.2) is 61.2 Å². The topological polar surface area (TPSA) is 67.4 Å². The van der Waals surface area contributed by atoms with Crippen LogP contribution >= 0.6 is 0 Å². The average Bonchev–Trinajstić information content (AvgIpc) is 2.76. The lowest BCUT2D eigenvalue weighted by molar-refractivity contribution is -0.116. The fourth-order valence-corrected chi connectivity index (χ4v) is 3.35. The lowest BCUT2D eigenvalue weighted by Crippen LogP contribution is -2.15. The first-order valence-corrected chi connectivity index (χ1v) is 9.40. The Hall–Kier alpha value is -3.60. The first kappa shape index (κ1) is 20.1. The Bertz CT molecular complexity index is 1070. The highest BCUT2D eigenvalue weighted by Gasteiger charge is 2.13. The van der Waals surface area contributed by atoms with E-state index in [1.165, 1.54) is 7.11 Å². The number of anilines is 2. The third-order valence-electron chi connectivity index (χ3n) is 4.85. The van der Waals surface area contributed by atoms with E-state index in [2.05, 4.69) is 35.4 Å².